The van der Waals surface area contributed by atoms with Gasteiger partial charge in [-0.3, -0.25) is 0 Å². The van der Waals surface area contributed by atoms with E-state index in [2.05, 4.69) is 90.5 Å². The molecule has 0 heterocycles. The van der Waals surface area contributed by atoms with Crippen molar-refractivity contribution in [3.63, 3.8) is 0 Å². The van der Waals surface area contributed by atoms with Crippen LogP contribution in [0.4, 0.5) is 0 Å². The van der Waals surface area contributed by atoms with E-state index in [0.29, 0.717) is 0 Å². The molecule has 0 aromatic heterocycles. The average molecular weight is 357 g/mol. The van der Waals surface area contributed by atoms with E-state index in [4.69, 9.17) is 0 Å². The van der Waals surface area contributed by atoms with E-state index in [0.717, 1.165) is 17.3 Å². The predicted molar refractivity (Wildman–Crippen MR) is 103 cm³/mol. The monoisotopic (exact) mass is 356 g/mol. The van der Waals surface area contributed by atoms with E-state index in [9.17, 15) is 0 Å². The van der Waals surface area contributed by atoms with Crippen molar-refractivity contribution in [1.29, 1.82) is 0 Å². The van der Waals surface area contributed by atoms with E-state index in [1.165, 1.54) is 16.7 Å². The summed E-state index contributed by atoms with van der Waals surface area (Å²) in [7, 11) is 0. The molecule has 0 unspecified atom stereocenters. The first-order valence-electron chi connectivity index (χ1n) is 7.73. The summed E-state index contributed by atoms with van der Waals surface area (Å²) in [5.41, 5.74) is 3.94. The zero-order valence-electron chi connectivity index (χ0n) is 13.7. The number of hydrogen-bond donors (Lipinski definition) is 0. The first kappa shape index (κ1) is 18.4. The molecule has 0 saturated heterocycles. The molecule has 116 valence electrons. The van der Waals surface area contributed by atoms with Gasteiger partial charge in [0.25, 0.3) is 0 Å². The van der Waals surface area contributed by atoms with Crippen LogP contribution in [0.15, 0.2) is 88.5 Å². The first-order chi connectivity index (χ1) is 10.7. The molecule has 0 radical (unpaired) electrons. The quantitative estimate of drug-likeness (QED) is 0.463. The minimum absolute atomic E-state index is 1.04. The molecule has 0 amide bonds. The van der Waals surface area contributed by atoms with Crippen LogP contribution < -0.4 is 0 Å². The highest BCUT2D eigenvalue weighted by Crippen LogP contribution is 2.17. The van der Waals surface area contributed by atoms with Crippen molar-refractivity contribution >= 4 is 15.9 Å². The summed E-state index contributed by atoms with van der Waals surface area (Å²) in [5.74, 6) is 0. The van der Waals surface area contributed by atoms with Crippen LogP contribution in [0.2, 0.25) is 0 Å². The maximum atomic E-state index is 3.53. The van der Waals surface area contributed by atoms with Gasteiger partial charge < -0.3 is 0 Å². The van der Waals surface area contributed by atoms with Gasteiger partial charge in [-0.05, 0) is 62.5 Å². The maximum absolute atomic E-state index is 3.53. The highest BCUT2D eigenvalue weighted by molar-refractivity contribution is 9.10. The number of hydrogen-bond acceptors (Lipinski definition) is 0. The zero-order valence-corrected chi connectivity index (χ0v) is 15.3. The molecule has 1 aromatic rings. The van der Waals surface area contributed by atoms with Gasteiger partial charge in [0.05, 0.1) is 0 Å². The Morgan fingerprint density at radius 3 is 2.50 bits per heavy atom. The highest BCUT2D eigenvalue weighted by atomic mass is 79.9. The van der Waals surface area contributed by atoms with Crippen LogP contribution in [-0.2, 0) is 6.42 Å². The lowest BCUT2D eigenvalue weighted by Crippen LogP contribution is -1.88. The summed E-state index contributed by atoms with van der Waals surface area (Å²) >= 11 is 3.53. The van der Waals surface area contributed by atoms with Gasteiger partial charge in [-0.1, -0.05) is 76.7 Å². The van der Waals surface area contributed by atoms with E-state index in [-0.39, 0.29) is 0 Å². The SMILES string of the molecule is C\C=C/C=C\C(=C/C)\C=C(\C=C/C)CCc1cccc(Br)c1. The molecule has 1 aromatic carbocycles. The molecule has 0 aliphatic rings. The summed E-state index contributed by atoms with van der Waals surface area (Å²) < 4.78 is 1.14. The minimum atomic E-state index is 1.04. The van der Waals surface area contributed by atoms with Crippen LogP contribution in [0, 0.1) is 0 Å². The summed E-state index contributed by atoms with van der Waals surface area (Å²) in [4.78, 5) is 0. The van der Waals surface area contributed by atoms with Crippen molar-refractivity contribution < 1.29 is 0 Å². The molecule has 1 rings (SSSR count). The fraction of sp³-hybridized carbons (Fsp3) is 0.238. The predicted octanol–water partition coefficient (Wildman–Crippen LogP) is 6.96. The lowest BCUT2D eigenvalue weighted by Gasteiger charge is -2.05. The molecule has 0 fully saturated rings. The van der Waals surface area contributed by atoms with Gasteiger partial charge in [0.15, 0.2) is 0 Å². The van der Waals surface area contributed by atoms with Gasteiger partial charge in [-0.25, -0.2) is 0 Å². The highest BCUT2D eigenvalue weighted by Gasteiger charge is 1.98. The van der Waals surface area contributed by atoms with Gasteiger partial charge in [0, 0.05) is 4.47 Å². The lowest BCUT2D eigenvalue weighted by molar-refractivity contribution is 0.962. The minimum Gasteiger partial charge on any atom is -0.0877 e. The molecule has 0 spiro atoms. The van der Waals surface area contributed by atoms with Gasteiger partial charge in [-0.15, -0.1) is 0 Å². The van der Waals surface area contributed by atoms with Gasteiger partial charge in [0.1, 0.15) is 0 Å². The second-order valence-electron chi connectivity index (χ2n) is 5.02. The molecule has 0 aliphatic carbocycles. The smallest absolute Gasteiger partial charge is 0.0177 e. The third kappa shape index (κ3) is 7.42. The number of rotatable bonds is 7. The number of allylic oxidation sites excluding steroid dienone is 10. The summed E-state index contributed by atoms with van der Waals surface area (Å²) in [6.45, 7) is 6.17. The topological polar surface area (TPSA) is 0 Å². The van der Waals surface area contributed by atoms with E-state index >= 15 is 0 Å². The van der Waals surface area contributed by atoms with Crippen LogP contribution in [0.1, 0.15) is 32.8 Å². The van der Waals surface area contributed by atoms with Crippen LogP contribution >= 0.6 is 15.9 Å². The average Bonchev–Trinajstić information content (AvgIpc) is 2.52. The molecular weight excluding hydrogens is 332 g/mol. The third-order valence-electron chi connectivity index (χ3n) is 3.25. The van der Waals surface area contributed by atoms with Crippen molar-refractivity contribution in [2.75, 3.05) is 0 Å². The summed E-state index contributed by atoms with van der Waals surface area (Å²) in [6, 6.07) is 8.53. The van der Waals surface area contributed by atoms with Crippen molar-refractivity contribution in [2.45, 2.75) is 33.6 Å². The first-order valence-corrected chi connectivity index (χ1v) is 8.52. The molecule has 0 aliphatic heterocycles. The van der Waals surface area contributed by atoms with Crippen LogP contribution in [0.3, 0.4) is 0 Å². The maximum Gasteiger partial charge on any atom is 0.0177 e. The standard InChI is InChI=1S/C21H25Br/c1-4-7-8-11-18(6-3)16-19(10-5-2)14-15-20-12-9-13-21(22)17-20/h4-13,16-17H,14-15H2,1-3H3/b7-4-,10-5-,11-8-,18-6+,19-16-. The molecule has 0 saturated carbocycles. The lowest BCUT2D eigenvalue weighted by atomic mass is 10.0. The Morgan fingerprint density at radius 2 is 1.86 bits per heavy atom. The fourth-order valence-corrected chi connectivity index (χ4v) is 2.57. The molecule has 1 heteroatoms. The fourth-order valence-electron chi connectivity index (χ4n) is 2.12. The van der Waals surface area contributed by atoms with E-state index in [1.54, 1.807) is 0 Å². The molecule has 0 N–H and O–H groups in total. The number of benzene rings is 1. The van der Waals surface area contributed by atoms with Crippen molar-refractivity contribution in [2.24, 2.45) is 0 Å². The molecule has 0 atom stereocenters. The van der Waals surface area contributed by atoms with Crippen molar-refractivity contribution in [3.05, 3.63) is 94.1 Å². The van der Waals surface area contributed by atoms with Crippen LogP contribution in [-0.4, -0.2) is 0 Å². The van der Waals surface area contributed by atoms with Gasteiger partial charge >= 0.3 is 0 Å². The summed E-state index contributed by atoms with van der Waals surface area (Å²) in [6.07, 6.45) is 19.1. The Bertz CT molecular complexity index is 598. The molecule has 0 bridgehead atoms. The Morgan fingerprint density at radius 1 is 1.05 bits per heavy atom. The van der Waals surface area contributed by atoms with Crippen LogP contribution in [0.25, 0.3) is 0 Å². The second-order valence-corrected chi connectivity index (χ2v) is 5.94. The van der Waals surface area contributed by atoms with E-state index in [1.807, 2.05) is 19.1 Å². The normalized spacial score (nSPS) is 13.8. The van der Waals surface area contributed by atoms with Gasteiger partial charge in [-0.2, -0.15) is 0 Å². The number of aryl methyl sites for hydroxylation is 1. The zero-order chi connectivity index (χ0) is 16.2. The van der Waals surface area contributed by atoms with Crippen LogP contribution in [0.5, 0.6) is 0 Å². The Kier molecular flexibility index (Phi) is 9.25. The largest absolute Gasteiger partial charge is 0.0877 e. The third-order valence-corrected chi connectivity index (χ3v) is 3.74. The molecular formula is C21H25Br. The molecule has 0 nitrogen and oxygen atoms in total. The summed E-state index contributed by atoms with van der Waals surface area (Å²) in [5, 5.41) is 0. The Labute approximate surface area is 143 Å². The Hall–Kier alpha value is -1.60. The van der Waals surface area contributed by atoms with E-state index < -0.39 is 0 Å². The second kappa shape index (κ2) is 11.0. The number of halogens is 1. The van der Waals surface area contributed by atoms with Gasteiger partial charge in [0.2, 0.25) is 0 Å². The Balaban J connectivity index is 2.81. The molecule has 22 heavy (non-hydrogen) atoms. The van der Waals surface area contributed by atoms with Crippen molar-refractivity contribution in [3.8, 4) is 0 Å². The van der Waals surface area contributed by atoms with Crippen molar-refractivity contribution in [1.82, 2.24) is 0 Å².